The predicted molar refractivity (Wildman–Crippen MR) is 72.4 cm³/mol. The van der Waals surface area contributed by atoms with Gasteiger partial charge in [-0.05, 0) is 19.1 Å². The molecule has 0 saturated carbocycles. The zero-order valence-corrected chi connectivity index (χ0v) is 11.2. The number of carbonyl (C=O) groups is 1. The predicted octanol–water partition coefficient (Wildman–Crippen LogP) is 0.542. The maximum absolute atomic E-state index is 12.3. The first-order valence-electron chi connectivity index (χ1n) is 5.94. The van der Waals surface area contributed by atoms with Gasteiger partial charge in [0.2, 0.25) is 5.91 Å². The third kappa shape index (κ3) is 2.54. The summed E-state index contributed by atoms with van der Waals surface area (Å²) in [5, 5.41) is 0. The summed E-state index contributed by atoms with van der Waals surface area (Å²) in [5.41, 5.74) is 6.36. The van der Waals surface area contributed by atoms with Crippen LogP contribution in [0.4, 0.5) is 0 Å². The molecule has 0 aliphatic carbocycles. The summed E-state index contributed by atoms with van der Waals surface area (Å²) in [6.07, 6.45) is 1.83. The molecule has 18 heavy (non-hydrogen) atoms. The van der Waals surface area contributed by atoms with Crippen molar-refractivity contribution in [3.8, 4) is 0 Å². The van der Waals surface area contributed by atoms with Gasteiger partial charge in [0.1, 0.15) is 11.0 Å². The lowest BCUT2D eigenvalue weighted by atomic mass is 10.2. The molecule has 5 nitrogen and oxygen atoms in total. The standard InChI is InChI=1S/C12H17N3O2S/c1-9(12(16)14-5-7-17-8-6-14)15-4-2-3-10(15)11(13)18/h2-4,9H,5-8H2,1H3,(H2,13,18). The van der Waals surface area contributed by atoms with Crippen molar-refractivity contribution < 1.29 is 9.53 Å². The molecule has 1 unspecified atom stereocenters. The SMILES string of the molecule is CC(C(=O)N1CCOCC1)n1cccc1C(N)=S. The van der Waals surface area contributed by atoms with Crippen LogP contribution in [0.25, 0.3) is 0 Å². The summed E-state index contributed by atoms with van der Waals surface area (Å²) in [5.74, 6) is 0.0759. The van der Waals surface area contributed by atoms with E-state index in [9.17, 15) is 4.79 Å². The number of carbonyl (C=O) groups excluding carboxylic acids is 1. The molecule has 1 atom stereocenters. The van der Waals surface area contributed by atoms with Crippen molar-refractivity contribution in [3.05, 3.63) is 24.0 Å². The largest absolute Gasteiger partial charge is 0.388 e. The number of thiocarbonyl (C=S) groups is 1. The number of hydrogen-bond acceptors (Lipinski definition) is 3. The van der Waals surface area contributed by atoms with Gasteiger partial charge in [0.15, 0.2) is 0 Å². The number of aromatic nitrogens is 1. The molecule has 1 aromatic rings. The molecule has 1 saturated heterocycles. The van der Waals surface area contributed by atoms with Crippen molar-refractivity contribution in [1.82, 2.24) is 9.47 Å². The second kappa shape index (κ2) is 5.49. The Balaban J connectivity index is 2.14. The molecular formula is C12H17N3O2S. The van der Waals surface area contributed by atoms with Crippen molar-refractivity contribution in [2.75, 3.05) is 26.3 Å². The Labute approximate surface area is 111 Å². The van der Waals surface area contributed by atoms with E-state index >= 15 is 0 Å². The summed E-state index contributed by atoms with van der Waals surface area (Å²) >= 11 is 4.98. The molecule has 6 heteroatoms. The van der Waals surface area contributed by atoms with Crippen molar-refractivity contribution in [2.24, 2.45) is 5.73 Å². The molecule has 2 rings (SSSR count). The van der Waals surface area contributed by atoms with Crippen LogP contribution in [-0.2, 0) is 9.53 Å². The van der Waals surface area contributed by atoms with Crippen LogP contribution in [0, 0.1) is 0 Å². The minimum Gasteiger partial charge on any atom is -0.388 e. The molecule has 1 amide bonds. The molecule has 0 aromatic carbocycles. The lowest BCUT2D eigenvalue weighted by molar-refractivity contribution is -0.138. The lowest BCUT2D eigenvalue weighted by Gasteiger charge is -2.30. The monoisotopic (exact) mass is 267 g/mol. The van der Waals surface area contributed by atoms with E-state index in [2.05, 4.69) is 0 Å². The van der Waals surface area contributed by atoms with Crippen LogP contribution in [0.3, 0.4) is 0 Å². The van der Waals surface area contributed by atoms with E-state index in [1.165, 1.54) is 0 Å². The maximum atomic E-state index is 12.3. The Morgan fingerprint density at radius 1 is 1.50 bits per heavy atom. The minimum absolute atomic E-state index is 0.0759. The highest BCUT2D eigenvalue weighted by molar-refractivity contribution is 7.80. The summed E-state index contributed by atoms with van der Waals surface area (Å²) in [6.45, 7) is 4.36. The van der Waals surface area contributed by atoms with Crippen molar-refractivity contribution in [1.29, 1.82) is 0 Å². The molecule has 1 aliphatic rings. The number of morpholine rings is 1. The highest BCUT2D eigenvalue weighted by atomic mass is 32.1. The number of ether oxygens (including phenoxy) is 1. The second-order valence-corrected chi connectivity index (χ2v) is 4.72. The van der Waals surface area contributed by atoms with Crippen LogP contribution in [0.15, 0.2) is 18.3 Å². The van der Waals surface area contributed by atoms with E-state index in [-0.39, 0.29) is 11.9 Å². The molecule has 2 N–H and O–H groups in total. The highest BCUT2D eigenvalue weighted by Crippen LogP contribution is 2.15. The molecule has 2 heterocycles. The van der Waals surface area contributed by atoms with E-state index in [1.807, 2.05) is 34.7 Å². The molecular weight excluding hydrogens is 250 g/mol. The van der Waals surface area contributed by atoms with Crippen LogP contribution >= 0.6 is 12.2 Å². The van der Waals surface area contributed by atoms with Crippen LogP contribution in [0.1, 0.15) is 18.7 Å². The Hall–Kier alpha value is -1.40. The Kier molecular flexibility index (Phi) is 3.98. The van der Waals surface area contributed by atoms with Gasteiger partial charge >= 0.3 is 0 Å². The molecule has 1 aromatic heterocycles. The van der Waals surface area contributed by atoms with Crippen molar-refractivity contribution >= 4 is 23.1 Å². The minimum atomic E-state index is -0.297. The van der Waals surface area contributed by atoms with Gasteiger partial charge in [0.05, 0.1) is 18.9 Å². The first kappa shape index (κ1) is 13.0. The number of nitrogens with zero attached hydrogens (tertiary/aromatic N) is 2. The van der Waals surface area contributed by atoms with Crippen LogP contribution in [0.5, 0.6) is 0 Å². The summed E-state index contributed by atoms with van der Waals surface area (Å²) in [7, 11) is 0. The van der Waals surface area contributed by atoms with Gasteiger partial charge < -0.3 is 19.9 Å². The fourth-order valence-electron chi connectivity index (χ4n) is 2.11. The number of amides is 1. The molecule has 0 spiro atoms. The summed E-state index contributed by atoms with van der Waals surface area (Å²) < 4.78 is 7.06. The third-order valence-corrected chi connectivity index (χ3v) is 3.34. The molecule has 0 bridgehead atoms. The fraction of sp³-hybridized carbons (Fsp3) is 0.500. The highest BCUT2D eigenvalue weighted by Gasteiger charge is 2.24. The molecule has 98 valence electrons. The van der Waals surface area contributed by atoms with Gasteiger partial charge in [-0.15, -0.1) is 0 Å². The molecule has 1 fully saturated rings. The van der Waals surface area contributed by atoms with Gasteiger partial charge in [0, 0.05) is 19.3 Å². The molecule has 1 aliphatic heterocycles. The van der Waals surface area contributed by atoms with Gasteiger partial charge in [0.25, 0.3) is 0 Å². The Morgan fingerprint density at radius 3 is 2.78 bits per heavy atom. The van der Waals surface area contributed by atoms with E-state index in [4.69, 9.17) is 22.7 Å². The van der Waals surface area contributed by atoms with Gasteiger partial charge in [-0.1, -0.05) is 12.2 Å². The number of hydrogen-bond donors (Lipinski definition) is 1. The van der Waals surface area contributed by atoms with Gasteiger partial charge in [-0.2, -0.15) is 0 Å². The third-order valence-electron chi connectivity index (χ3n) is 3.13. The Bertz CT molecular complexity index is 452. The normalized spacial score (nSPS) is 17.5. The number of rotatable bonds is 3. The van der Waals surface area contributed by atoms with Crippen molar-refractivity contribution in [2.45, 2.75) is 13.0 Å². The quantitative estimate of drug-likeness (QED) is 0.812. The first-order chi connectivity index (χ1) is 8.61. The zero-order valence-electron chi connectivity index (χ0n) is 10.3. The first-order valence-corrected chi connectivity index (χ1v) is 6.35. The smallest absolute Gasteiger partial charge is 0.245 e. The van der Waals surface area contributed by atoms with Gasteiger partial charge in [-0.25, -0.2) is 0 Å². The second-order valence-electron chi connectivity index (χ2n) is 4.28. The van der Waals surface area contributed by atoms with E-state index in [1.54, 1.807) is 0 Å². The summed E-state index contributed by atoms with van der Waals surface area (Å²) in [4.78, 5) is 14.5. The van der Waals surface area contributed by atoms with Crippen molar-refractivity contribution in [3.63, 3.8) is 0 Å². The lowest BCUT2D eigenvalue weighted by Crippen LogP contribution is -2.44. The number of nitrogens with two attached hydrogens (primary N) is 1. The topological polar surface area (TPSA) is 60.5 Å². The van der Waals surface area contributed by atoms with E-state index < -0.39 is 0 Å². The van der Waals surface area contributed by atoms with E-state index in [0.717, 1.165) is 5.69 Å². The fourth-order valence-corrected chi connectivity index (χ4v) is 2.28. The maximum Gasteiger partial charge on any atom is 0.245 e. The summed E-state index contributed by atoms with van der Waals surface area (Å²) in [6, 6.07) is 3.37. The molecule has 0 radical (unpaired) electrons. The van der Waals surface area contributed by atoms with Crippen LogP contribution in [-0.4, -0.2) is 46.7 Å². The average molecular weight is 267 g/mol. The average Bonchev–Trinajstić information content (AvgIpc) is 2.87. The Morgan fingerprint density at radius 2 is 2.17 bits per heavy atom. The van der Waals surface area contributed by atoms with Crippen LogP contribution < -0.4 is 5.73 Å². The zero-order chi connectivity index (χ0) is 13.1. The van der Waals surface area contributed by atoms with Crippen LogP contribution in [0.2, 0.25) is 0 Å². The van der Waals surface area contributed by atoms with E-state index in [0.29, 0.717) is 31.3 Å². The van der Waals surface area contributed by atoms with Gasteiger partial charge in [-0.3, -0.25) is 4.79 Å².